The summed E-state index contributed by atoms with van der Waals surface area (Å²) in [5, 5.41) is 0. The molecule has 0 amide bonds. The zero-order valence-electron chi connectivity index (χ0n) is 9.36. The predicted octanol–water partition coefficient (Wildman–Crippen LogP) is 3.85. The van der Waals surface area contributed by atoms with E-state index in [9.17, 15) is 0 Å². The van der Waals surface area contributed by atoms with Crippen LogP contribution in [0.4, 0.5) is 0 Å². The Morgan fingerprint density at radius 3 is 1.92 bits per heavy atom. The van der Waals surface area contributed by atoms with Crippen LogP contribution in [0.5, 0.6) is 0 Å². The van der Waals surface area contributed by atoms with Gasteiger partial charge in [-0.2, -0.15) is 0 Å². The number of hydrogen-bond acceptors (Lipinski definition) is 1. The monoisotopic (exact) mass is 261 g/mol. The molecule has 0 saturated heterocycles. The summed E-state index contributed by atoms with van der Waals surface area (Å²) in [6.45, 7) is 7.95. The van der Waals surface area contributed by atoms with E-state index in [1.54, 1.807) is 0 Å². The summed E-state index contributed by atoms with van der Waals surface area (Å²) in [5.74, 6) is 0. The van der Waals surface area contributed by atoms with Crippen LogP contribution in [0, 0.1) is 5.41 Å². The Kier molecular flexibility index (Phi) is 8.71. The van der Waals surface area contributed by atoms with Crippen molar-refractivity contribution in [2.45, 2.75) is 59.3 Å². The molecule has 0 saturated carbocycles. The minimum atomic E-state index is 0.626. The van der Waals surface area contributed by atoms with Crippen molar-refractivity contribution in [1.82, 2.24) is 0 Å². The fourth-order valence-electron chi connectivity index (χ4n) is 1.95. The van der Waals surface area contributed by atoms with Crippen molar-refractivity contribution in [3.63, 3.8) is 0 Å². The van der Waals surface area contributed by atoms with Crippen LogP contribution in [0.15, 0.2) is 0 Å². The summed E-state index contributed by atoms with van der Waals surface area (Å²) >= 11 is 1.21. The molecule has 2 heteroatoms. The van der Waals surface area contributed by atoms with Crippen LogP contribution in [-0.4, -0.2) is 6.61 Å². The molecule has 0 aliphatic rings. The normalized spacial score (nSPS) is 11.8. The molecule has 1 nitrogen and oxygen atoms in total. The maximum atomic E-state index is 5.15. The Hall–Kier alpha value is 0.843. The third-order valence-corrected chi connectivity index (χ3v) is 3.96. The molecule has 0 aliphatic carbocycles. The Bertz CT molecular complexity index is 102. The third kappa shape index (κ3) is 5.32. The summed E-state index contributed by atoms with van der Waals surface area (Å²) in [6, 6.07) is 0. The van der Waals surface area contributed by atoms with Crippen molar-refractivity contribution in [3.05, 3.63) is 0 Å². The van der Waals surface area contributed by atoms with E-state index in [0.29, 0.717) is 5.41 Å². The van der Waals surface area contributed by atoms with E-state index in [0.717, 1.165) is 6.61 Å². The van der Waals surface area contributed by atoms with Crippen LogP contribution >= 0.6 is 0 Å². The number of rotatable bonds is 8. The van der Waals surface area contributed by atoms with Gasteiger partial charge in [0.15, 0.2) is 0 Å². The standard InChI is InChI=1S/C11H23O.Zr/c1-4-11(5-2,6-3)9-7-8-10-12;/h4-10H2,1-3H3;/q-1;+1. The van der Waals surface area contributed by atoms with Gasteiger partial charge in [-0.1, -0.05) is 0 Å². The van der Waals surface area contributed by atoms with Gasteiger partial charge >= 0.3 is 99.3 Å². The van der Waals surface area contributed by atoms with Crippen LogP contribution in [0.2, 0.25) is 0 Å². The topological polar surface area (TPSA) is 9.23 Å². The van der Waals surface area contributed by atoms with Crippen LogP contribution in [-0.2, 0) is 28.0 Å². The van der Waals surface area contributed by atoms with Crippen LogP contribution in [0.3, 0.4) is 0 Å². The van der Waals surface area contributed by atoms with Crippen LogP contribution in [0.25, 0.3) is 0 Å². The van der Waals surface area contributed by atoms with Gasteiger partial charge in [0.1, 0.15) is 0 Å². The van der Waals surface area contributed by atoms with Crippen molar-refractivity contribution in [2.24, 2.45) is 5.41 Å². The Labute approximate surface area is 99.1 Å². The summed E-state index contributed by atoms with van der Waals surface area (Å²) in [5.41, 5.74) is 0.626. The molecule has 0 fully saturated rings. The first-order chi connectivity index (χ1) is 6.24. The van der Waals surface area contributed by atoms with E-state index >= 15 is 0 Å². The van der Waals surface area contributed by atoms with Gasteiger partial charge in [-0.3, -0.25) is 0 Å². The summed E-state index contributed by atoms with van der Waals surface area (Å²) in [4.78, 5) is 0. The molecule has 0 bridgehead atoms. The van der Waals surface area contributed by atoms with E-state index < -0.39 is 0 Å². The molecule has 0 heterocycles. The molecule has 0 aromatic carbocycles. The van der Waals surface area contributed by atoms with Crippen molar-refractivity contribution < 1.29 is 28.0 Å². The molecule has 0 unspecified atom stereocenters. The van der Waals surface area contributed by atoms with Gasteiger partial charge < -0.3 is 0 Å². The predicted molar refractivity (Wildman–Crippen MR) is 53.1 cm³/mol. The average molecular weight is 263 g/mol. The van der Waals surface area contributed by atoms with E-state index in [2.05, 4.69) is 20.8 Å². The molecular weight excluding hydrogens is 239 g/mol. The van der Waals surface area contributed by atoms with Crippen molar-refractivity contribution in [3.8, 4) is 0 Å². The maximum absolute atomic E-state index is 5.15. The zero-order valence-corrected chi connectivity index (χ0v) is 11.8. The van der Waals surface area contributed by atoms with Gasteiger partial charge in [-0.05, 0) is 0 Å². The van der Waals surface area contributed by atoms with Gasteiger partial charge in [0, 0.05) is 0 Å². The molecule has 0 aliphatic heterocycles. The SMILES string of the molecule is CCC(CC)(CC)CCCC[O][Zr]. The minimum absolute atomic E-state index is 0.626. The van der Waals surface area contributed by atoms with E-state index in [1.165, 1.54) is 63.7 Å². The quantitative estimate of drug-likeness (QED) is 0.604. The summed E-state index contributed by atoms with van der Waals surface area (Å²) in [7, 11) is 0. The van der Waals surface area contributed by atoms with Gasteiger partial charge in [0.2, 0.25) is 0 Å². The molecular formula is C11H23OZr. The van der Waals surface area contributed by atoms with E-state index in [4.69, 9.17) is 2.81 Å². The van der Waals surface area contributed by atoms with Gasteiger partial charge in [-0.25, -0.2) is 0 Å². The van der Waals surface area contributed by atoms with Crippen molar-refractivity contribution in [1.29, 1.82) is 0 Å². The second-order valence-corrected chi connectivity index (χ2v) is 4.58. The van der Waals surface area contributed by atoms with Gasteiger partial charge in [0.25, 0.3) is 0 Å². The zero-order chi connectivity index (χ0) is 10.2. The van der Waals surface area contributed by atoms with Crippen molar-refractivity contribution >= 4 is 0 Å². The molecule has 0 N–H and O–H groups in total. The van der Waals surface area contributed by atoms with Crippen LogP contribution in [0.1, 0.15) is 59.3 Å². The Morgan fingerprint density at radius 2 is 1.54 bits per heavy atom. The summed E-state index contributed by atoms with van der Waals surface area (Å²) < 4.78 is 5.15. The molecule has 0 aromatic heterocycles. The molecule has 0 atom stereocenters. The Morgan fingerprint density at radius 1 is 1.00 bits per heavy atom. The molecule has 0 radical (unpaired) electrons. The number of unbranched alkanes of at least 4 members (excludes halogenated alkanes) is 1. The molecule has 0 spiro atoms. The first-order valence-electron chi connectivity index (χ1n) is 5.53. The van der Waals surface area contributed by atoms with Gasteiger partial charge in [0.05, 0.1) is 0 Å². The van der Waals surface area contributed by atoms with E-state index in [1.807, 2.05) is 0 Å². The van der Waals surface area contributed by atoms with Gasteiger partial charge in [-0.15, -0.1) is 0 Å². The summed E-state index contributed by atoms with van der Waals surface area (Å²) in [6.07, 6.45) is 7.96. The molecule has 77 valence electrons. The van der Waals surface area contributed by atoms with Crippen LogP contribution < -0.4 is 0 Å². The fraction of sp³-hybridized carbons (Fsp3) is 1.00. The second-order valence-electron chi connectivity index (χ2n) is 3.87. The average Bonchev–Trinajstić information content (AvgIpc) is 2.20. The molecule has 0 aromatic rings. The second kappa shape index (κ2) is 8.18. The van der Waals surface area contributed by atoms with Crippen molar-refractivity contribution in [2.75, 3.05) is 6.61 Å². The molecule has 13 heavy (non-hydrogen) atoms. The third-order valence-electron chi connectivity index (χ3n) is 3.45. The number of hydrogen-bond donors (Lipinski definition) is 0. The first kappa shape index (κ1) is 13.8. The van der Waals surface area contributed by atoms with E-state index in [-0.39, 0.29) is 0 Å². The Balaban J connectivity index is 3.68. The fourth-order valence-corrected chi connectivity index (χ4v) is 2.31. The first-order valence-corrected chi connectivity index (χ1v) is 6.53. The molecule has 0 rings (SSSR count).